The van der Waals surface area contributed by atoms with Crippen molar-refractivity contribution in [2.45, 2.75) is 33.2 Å². The predicted molar refractivity (Wildman–Crippen MR) is 67.4 cm³/mol. The van der Waals surface area contributed by atoms with Gasteiger partial charge in [0.1, 0.15) is 5.75 Å². The smallest absolute Gasteiger partial charge is 0.127 e. The van der Waals surface area contributed by atoms with E-state index in [1.807, 2.05) is 0 Å². The minimum atomic E-state index is 0.433. The number of hydrogen-bond donors (Lipinski definition) is 1. The second-order valence-electron chi connectivity index (χ2n) is 3.94. The standard InChI is InChI=1S/C12H18BrNO/c1-7(2)9-5-11(13)8(3)10(6-14)12(9)15-4/h5,7H,6,14H2,1-4H3. The molecule has 3 heteroatoms. The topological polar surface area (TPSA) is 35.2 Å². The van der Waals surface area contributed by atoms with E-state index in [2.05, 4.69) is 42.8 Å². The fourth-order valence-corrected chi connectivity index (χ4v) is 2.20. The van der Waals surface area contributed by atoms with Crippen LogP contribution in [0.2, 0.25) is 0 Å². The Balaban J connectivity index is 3.47. The van der Waals surface area contributed by atoms with Crippen molar-refractivity contribution in [2.24, 2.45) is 5.73 Å². The molecule has 2 nitrogen and oxygen atoms in total. The molecule has 0 saturated carbocycles. The molecule has 0 fully saturated rings. The molecule has 0 heterocycles. The molecule has 0 aromatic heterocycles. The minimum absolute atomic E-state index is 0.433. The van der Waals surface area contributed by atoms with E-state index < -0.39 is 0 Å². The number of hydrogen-bond acceptors (Lipinski definition) is 2. The SMILES string of the molecule is COc1c(C(C)C)cc(Br)c(C)c1CN. The highest BCUT2D eigenvalue weighted by Crippen LogP contribution is 2.36. The molecule has 15 heavy (non-hydrogen) atoms. The first-order valence-corrected chi connectivity index (χ1v) is 5.88. The van der Waals surface area contributed by atoms with Crippen molar-refractivity contribution in [3.05, 3.63) is 27.2 Å². The summed E-state index contributed by atoms with van der Waals surface area (Å²) in [6.07, 6.45) is 0. The molecule has 0 bridgehead atoms. The average Bonchev–Trinajstić information content (AvgIpc) is 2.20. The Morgan fingerprint density at radius 2 is 2.07 bits per heavy atom. The van der Waals surface area contributed by atoms with Crippen molar-refractivity contribution in [2.75, 3.05) is 7.11 Å². The quantitative estimate of drug-likeness (QED) is 0.915. The van der Waals surface area contributed by atoms with Crippen LogP contribution in [0.25, 0.3) is 0 Å². The molecule has 0 unspecified atom stereocenters. The molecule has 0 aliphatic carbocycles. The van der Waals surface area contributed by atoms with Gasteiger partial charge in [-0.25, -0.2) is 0 Å². The van der Waals surface area contributed by atoms with E-state index in [9.17, 15) is 0 Å². The van der Waals surface area contributed by atoms with E-state index in [4.69, 9.17) is 10.5 Å². The summed E-state index contributed by atoms with van der Waals surface area (Å²) in [7, 11) is 1.70. The first kappa shape index (κ1) is 12.5. The molecule has 0 amide bonds. The molecule has 84 valence electrons. The molecule has 1 aromatic rings. The van der Waals surface area contributed by atoms with Crippen molar-refractivity contribution in [3.63, 3.8) is 0 Å². The zero-order valence-corrected chi connectivity index (χ0v) is 11.3. The molecule has 1 rings (SSSR count). The zero-order valence-electron chi connectivity index (χ0n) is 9.73. The second-order valence-corrected chi connectivity index (χ2v) is 4.80. The number of benzene rings is 1. The summed E-state index contributed by atoms with van der Waals surface area (Å²) >= 11 is 3.56. The summed E-state index contributed by atoms with van der Waals surface area (Å²) in [4.78, 5) is 0. The Morgan fingerprint density at radius 1 is 1.47 bits per heavy atom. The molecule has 0 spiro atoms. The number of rotatable bonds is 3. The van der Waals surface area contributed by atoms with E-state index in [1.54, 1.807) is 7.11 Å². The largest absolute Gasteiger partial charge is 0.496 e. The first-order valence-electron chi connectivity index (χ1n) is 5.08. The lowest BCUT2D eigenvalue weighted by Gasteiger charge is -2.18. The van der Waals surface area contributed by atoms with E-state index in [-0.39, 0.29) is 0 Å². The highest BCUT2D eigenvalue weighted by Gasteiger charge is 2.15. The summed E-state index contributed by atoms with van der Waals surface area (Å²) in [5.41, 5.74) is 9.23. The van der Waals surface area contributed by atoms with Crippen LogP contribution in [0.15, 0.2) is 10.5 Å². The third kappa shape index (κ3) is 2.34. The van der Waals surface area contributed by atoms with Crippen molar-refractivity contribution in [1.29, 1.82) is 0 Å². The number of halogens is 1. The van der Waals surface area contributed by atoms with Crippen LogP contribution in [0.3, 0.4) is 0 Å². The highest BCUT2D eigenvalue weighted by molar-refractivity contribution is 9.10. The summed E-state index contributed by atoms with van der Waals surface area (Å²) in [6, 6.07) is 2.12. The Morgan fingerprint density at radius 3 is 2.47 bits per heavy atom. The number of nitrogens with two attached hydrogens (primary N) is 1. The predicted octanol–water partition coefficient (Wildman–Crippen LogP) is 3.35. The number of ether oxygens (including phenoxy) is 1. The normalized spacial score (nSPS) is 10.9. The molecule has 0 aliphatic rings. The summed E-state index contributed by atoms with van der Waals surface area (Å²) in [5.74, 6) is 1.37. The Kier molecular flexibility index (Phi) is 4.17. The third-order valence-corrected chi connectivity index (χ3v) is 3.48. The van der Waals surface area contributed by atoms with E-state index >= 15 is 0 Å². The van der Waals surface area contributed by atoms with Gasteiger partial charge < -0.3 is 10.5 Å². The van der Waals surface area contributed by atoms with Crippen LogP contribution in [0.1, 0.15) is 36.5 Å². The van der Waals surface area contributed by atoms with Crippen LogP contribution in [-0.4, -0.2) is 7.11 Å². The average molecular weight is 272 g/mol. The molecule has 1 aromatic carbocycles. The van der Waals surface area contributed by atoms with Gasteiger partial charge in [-0.3, -0.25) is 0 Å². The molecule has 2 N–H and O–H groups in total. The highest BCUT2D eigenvalue weighted by atomic mass is 79.9. The fraction of sp³-hybridized carbons (Fsp3) is 0.500. The van der Waals surface area contributed by atoms with Crippen LogP contribution in [0.4, 0.5) is 0 Å². The van der Waals surface area contributed by atoms with Gasteiger partial charge >= 0.3 is 0 Å². The van der Waals surface area contributed by atoms with Gasteiger partial charge in [-0.1, -0.05) is 29.8 Å². The second kappa shape index (κ2) is 4.99. The Hall–Kier alpha value is -0.540. The van der Waals surface area contributed by atoms with Crippen molar-refractivity contribution < 1.29 is 4.74 Å². The maximum absolute atomic E-state index is 5.76. The lowest BCUT2D eigenvalue weighted by molar-refractivity contribution is 0.402. The van der Waals surface area contributed by atoms with Crippen molar-refractivity contribution in [1.82, 2.24) is 0 Å². The van der Waals surface area contributed by atoms with Crippen molar-refractivity contribution in [3.8, 4) is 5.75 Å². The molecule has 0 saturated heterocycles. The molecular formula is C12H18BrNO. The minimum Gasteiger partial charge on any atom is -0.496 e. The number of methoxy groups -OCH3 is 1. The van der Waals surface area contributed by atoms with Gasteiger partial charge in [0, 0.05) is 16.6 Å². The molecular weight excluding hydrogens is 254 g/mol. The van der Waals surface area contributed by atoms with Gasteiger partial charge in [-0.15, -0.1) is 0 Å². The monoisotopic (exact) mass is 271 g/mol. The Labute approximate surface area is 99.9 Å². The van der Waals surface area contributed by atoms with E-state index in [0.717, 1.165) is 15.8 Å². The molecule has 0 atom stereocenters. The van der Waals surface area contributed by atoms with Gasteiger partial charge in [-0.2, -0.15) is 0 Å². The summed E-state index contributed by atoms with van der Waals surface area (Å²) in [6.45, 7) is 6.87. The van der Waals surface area contributed by atoms with Gasteiger partial charge in [0.2, 0.25) is 0 Å². The summed E-state index contributed by atoms with van der Waals surface area (Å²) in [5, 5.41) is 0. The van der Waals surface area contributed by atoms with Crippen molar-refractivity contribution >= 4 is 15.9 Å². The third-order valence-electron chi connectivity index (χ3n) is 2.66. The molecule has 0 radical (unpaired) electrons. The maximum atomic E-state index is 5.76. The zero-order chi connectivity index (χ0) is 11.6. The van der Waals surface area contributed by atoms with Crippen LogP contribution in [0, 0.1) is 6.92 Å². The Bertz CT molecular complexity index is 361. The first-order chi connectivity index (χ1) is 7.02. The van der Waals surface area contributed by atoms with E-state index in [1.165, 1.54) is 11.1 Å². The summed E-state index contributed by atoms with van der Waals surface area (Å²) < 4.78 is 6.57. The van der Waals surface area contributed by atoms with E-state index in [0.29, 0.717) is 12.5 Å². The van der Waals surface area contributed by atoms with Gasteiger partial charge in [-0.05, 0) is 30.0 Å². The van der Waals surface area contributed by atoms with Gasteiger partial charge in [0.15, 0.2) is 0 Å². The van der Waals surface area contributed by atoms with Gasteiger partial charge in [0.05, 0.1) is 7.11 Å². The molecule has 0 aliphatic heterocycles. The van der Waals surface area contributed by atoms with Gasteiger partial charge in [0.25, 0.3) is 0 Å². The van der Waals surface area contributed by atoms with Crippen LogP contribution >= 0.6 is 15.9 Å². The van der Waals surface area contributed by atoms with Crippen LogP contribution < -0.4 is 10.5 Å². The lowest BCUT2D eigenvalue weighted by Crippen LogP contribution is -2.06. The van der Waals surface area contributed by atoms with Crippen LogP contribution in [-0.2, 0) is 6.54 Å². The fourth-order valence-electron chi connectivity index (χ4n) is 1.71. The van der Waals surface area contributed by atoms with Crippen LogP contribution in [0.5, 0.6) is 5.75 Å². The lowest BCUT2D eigenvalue weighted by atomic mass is 9.96. The maximum Gasteiger partial charge on any atom is 0.127 e.